The molecule has 2 aromatic heterocycles. The summed E-state index contributed by atoms with van der Waals surface area (Å²) in [4.78, 5) is 24.6. The maximum absolute atomic E-state index is 16.8. The number of esters is 1. The highest BCUT2D eigenvalue weighted by molar-refractivity contribution is 7.23. The number of hydrogen-bond acceptors (Lipinski definition) is 10. The number of methoxy groups -OCH3 is 1. The van der Waals surface area contributed by atoms with Crippen LogP contribution in [0.3, 0.4) is 0 Å². The van der Waals surface area contributed by atoms with Gasteiger partial charge in [-0.05, 0) is 49.9 Å². The lowest BCUT2D eigenvalue weighted by molar-refractivity contribution is -0.140. The molecule has 2 aliphatic heterocycles. The van der Waals surface area contributed by atoms with E-state index >= 15 is 4.39 Å². The number of nitrogens with two attached hydrogens (primary N) is 1. The van der Waals surface area contributed by atoms with E-state index in [1.807, 2.05) is 6.07 Å². The van der Waals surface area contributed by atoms with E-state index in [1.54, 1.807) is 18.0 Å². The van der Waals surface area contributed by atoms with Crippen LogP contribution in [0.25, 0.3) is 32.1 Å². The molecule has 0 aliphatic carbocycles. The van der Waals surface area contributed by atoms with Crippen LogP contribution in [0.2, 0.25) is 5.02 Å². The number of thiophene rings is 1. The zero-order valence-corrected chi connectivity index (χ0v) is 26.9. The molecule has 2 aromatic carbocycles. The van der Waals surface area contributed by atoms with E-state index in [1.165, 1.54) is 19.2 Å². The summed E-state index contributed by atoms with van der Waals surface area (Å²) in [5.41, 5.74) is 5.63. The van der Waals surface area contributed by atoms with E-state index in [4.69, 9.17) is 26.8 Å². The van der Waals surface area contributed by atoms with Crippen molar-refractivity contribution in [2.24, 2.45) is 0 Å². The van der Waals surface area contributed by atoms with Crippen LogP contribution in [0, 0.1) is 23.0 Å². The van der Waals surface area contributed by atoms with Crippen LogP contribution in [0.4, 0.5) is 24.0 Å². The number of nitriles is 1. The first-order chi connectivity index (χ1) is 22.1. The zero-order valence-electron chi connectivity index (χ0n) is 25.3. The number of halogens is 4. The van der Waals surface area contributed by atoms with Crippen LogP contribution < -0.4 is 15.4 Å². The van der Waals surface area contributed by atoms with Crippen LogP contribution in [0.1, 0.15) is 44.1 Å². The third-order valence-corrected chi connectivity index (χ3v) is 10.3. The number of alkyl halides is 1. The van der Waals surface area contributed by atoms with Gasteiger partial charge in [0.05, 0.1) is 27.9 Å². The number of carbonyl (C=O) groups is 1. The lowest BCUT2D eigenvalue weighted by Gasteiger charge is -2.31. The largest absolute Gasteiger partial charge is 0.469 e. The molecule has 0 radical (unpaired) electrons. The molecule has 0 unspecified atom stereocenters. The Balaban J connectivity index is 1.45. The molecule has 46 heavy (non-hydrogen) atoms. The summed E-state index contributed by atoms with van der Waals surface area (Å²) >= 11 is 7.66. The Labute approximate surface area is 272 Å². The molecule has 9 nitrogen and oxygen atoms in total. The molecule has 0 spiro atoms. The van der Waals surface area contributed by atoms with E-state index in [2.05, 4.69) is 14.9 Å². The second-order valence-electron chi connectivity index (χ2n) is 11.8. The van der Waals surface area contributed by atoms with Gasteiger partial charge in [0.15, 0.2) is 5.82 Å². The van der Waals surface area contributed by atoms with Crippen molar-refractivity contribution >= 4 is 60.7 Å². The van der Waals surface area contributed by atoms with Crippen molar-refractivity contribution in [2.75, 3.05) is 51.0 Å². The fourth-order valence-corrected chi connectivity index (χ4v) is 7.99. The highest BCUT2D eigenvalue weighted by atomic mass is 35.5. The maximum Gasteiger partial charge on any atom is 0.319 e. The number of fused-ring (bicyclic) bond motifs is 3. The second-order valence-corrected chi connectivity index (χ2v) is 13.3. The molecule has 2 fully saturated rings. The van der Waals surface area contributed by atoms with Crippen LogP contribution in [0.15, 0.2) is 18.2 Å². The van der Waals surface area contributed by atoms with Gasteiger partial charge in [0.1, 0.15) is 41.0 Å². The Morgan fingerprint density at radius 1 is 1.33 bits per heavy atom. The van der Waals surface area contributed by atoms with Crippen molar-refractivity contribution in [1.82, 2.24) is 14.9 Å². The van der Waals surface area contributed by atoms with Crippen LogP contribution in [-0.4, -0.2) is 72.9 Å². The van der Waals surface area contributed by atoms with E-state index in [0.29, 0.717) is 43.6 Å². The predicted octanol–water partition coefficient (Wildman–Crippen LogP) is 6.63. The molecule has 0 amide bonds. The molecule has 6 rings (SSSR count). The minimum Gasteiger partial charge on any atom is -0.469 e. The van der Waals surface area contributed by atoms with Crippen molar-refractivity contribution in [2.45, 2.75) is 50.2 Å². The monoisotopic (exact) mass is 672 g/mol. The van der Waals surface area contributed by atoms with E-state index < -0.39 is 23.3 Å². The Morgan fingerprint density at radius 2 is 2.13 bits per heavy atom. The summed E-state index contributed by atoms with van der Waals surface area (Å²) in [6.45, 7) is 1.73. The molecule has 2 aliphatic rings. The first-order valence-electron chi connectivity index (χ1n) is 15.0. The number of anilines is 2. The van der Waals surface area contributed by atoms with E-state index in [9.17, 15) is 18.8 Å². The summed E-state index contributed by atoms with van der Waals surface area (Å²) in [5, 5.41) is 10.4. The molecule has 242 valence electrons. The zero-order chi connectivity index (χ0) is 32.7. The van der Waals surface area contributed by atoms with E-state index in [0.717, 1.165) is 30.7 Å². The molecule has 4 heterocycles. The average molecular weight is 673 g/mol. The molecular weight excluding hydrogens is 641 g/mol. The Bertz CT molecular complexity index is 1880. The molecule has 4 aromatic rings. The number of aromatic nitrogens is 2. The van der Waals surface area contributed by atoms with Gasteiger partial charge in [-0.25, -0.2) is 13.2 Å². The topological polar surface area (TPSA) is 118 Å². The SMILES string of the molecule is COC(=O)CCCCN(C)c1nc(OC[C@@]23CCCN2C[C@H](F)C3)nc2c(F)c(-c3ccc(F)c4sc(N)c(C#N)c34)c(Cl)cc12. The highest BCUT2D eigenvalue weighted by Crippen LogP contribution is 2.46. The summed E-state index contributed by atoms with van der Waals surface area (Å²) < 4.78 is 57.0. The lowest BCUT2D eigenvalue weighted by atomic mass is 9.95. The van der Waals surface area contributed by atoms with Gasteiger partial charge in [-0.3, -0.25) is 9.69 Å². The smallest absolute Gasteiger partial charge is 0.319 e. The lowest BCUT2D eigenvalue weighted by Crippen LogP contribution is -2.43. The van der Waals surface area contributed by atoms with Gasteiger partial charge in [-0.2, -0.15) is 15.2 Å². The third kappa shape index (κ3) is 5.67. The minimum absolute atomic E-state index is 0.00427. The minimum atomic E-state index is -0.952. The van der Waals surface area contributed by atoms with Crippen molar-refractivity contribution in [1.29, 1.82) is 5.26 Å². The fraction of sp³-hybridized carbons (Fsp3) is 0.438. The van der Waals surface area contributed by atoms with E-state index in [-0.39, 0.29) is 67.3 Å². The average Bonchev–Trinajstić information content (AvgIpc) is 3.68. The predicted molar refractivity (Wildman–Crippen MR) is 172 cm³/mol. The van der Waals surface area contributed by atoms with Crippen LogP contribution in [-0.2, 0) is 9.53 Å². The quantitative estimate of drug-likeness (QED) is 0.146. The van der Waals surface area contributed by atoms with Crippen molar-refractivity contribution < 1.29 is 27.4 Å². The first kappa shape index (κ1) is 32.1. The number of rotatable bonds is 10. The fourth-order valence-electron chi connectivity index (χ4n) is 6.74. The summed E-state index contributed by atoms with van der Waals surface area (Å²) in [6, 6.07) is 6.02. The van der Waals surface area contributed by atoms with Gasteiger partial charge in [0, 0.05) is 49.3 Å². The number of carbonyl (C=O) groups excluding carboxylic acids is 1. The van der Waals surface area contributed by atoms with Gasteiger partial charge in [0.2, 0.25) is 0 Å². The summed E-state index contributed by atoms with van der Waals surface area (Å²) in [7, 11) is 3.12. The molecular formula is C32H32ClF3N6O3S. The standard InChI is InChI=1S/C32H32ClF3N6O3S/c1-41(10-4-3-6-23(43)44-2)30-19-12-21(33)25(18-7-8-22(35)28-24(18)20(14-37)29(38)46-28)26(36)27(19)39-31(40-30)45-16-32-9-5-11-42(32)15-17(34)13-32/h7-8,12,17H,3-6,9-11,13,15-16,38H2,1-2H3/t17-,32+/m1/s1. The number of nitrogen functional groups attached to an aromatic ring is 1. The normalized spacial score (nSPS) is 19.5. The van der Waals surface area contributed by atoms with Crippen molar-refractivity contribution in [3.63, 3.8) is 0 Å². The number of benzene rings is 2. The molecule has 2 N–H and O–H groups in total. The Morgan fingerprint density at radius 3 is 2.89 bits per heavy atom. The maximum atomic E-state index is 16.8. The van der Waals surface area contributed by atoms with Crippen molar-refractivity contribution in [3.05, 3.63) is 40.4 Å². The van der Waals surface area contributed by atoms with Crippen LogP contribution in [0.5, 0.6) is 6.01 Å². The van der Waals surface area contributed by atoms with Gasteiger partial charge in [-0.1, -0.05) is 17.7 Å². The number of nitrogens with zero attached hydrogens (tertiary/aromatic N) is 5. The number of hydrogen-bond donors (Lipinski definition) is 1. The highest BCUT2D eigenvalue weighted by Gasteiger charge is 2.49. The third-order valence-electron chi connectivity index (χ3n) is 8.99. The van der Waals surface area contributed by atoms with Gasteiger partial charge in [-0.15, -0.1) is 11.3 Å². The molecule has 2 saturated heterocycles. The number of unbranched alkanes of at least 4 members (excludes halogenated alkanes) is 1. The molecule has 0 saturated carbocycles. The summed E-state index contributed by atoms with van der Waals surface area (Å²) in [6.07, 6.45) is 2.52. The van der Waals surface area contributed by atoms with Gasteiger partial charge in [0.25, 0.3) is 0 Å². The Hall–Kier alpha value is -3.86. The first-order valence-corrected chi connectivity index (χ1v) is 16.2. The molecule has 2 atom stereocenters. The second kappa shape index (κ2) is 12.7. The van der Waals surface area contributed by atoms with Crippen LogP contribution >= 0.6 is 22.9 Å². The van der Waals surface area contributed by atoms with Crippen molar-refractivity contribution in [3.8, 4) is 23.2 Å². The van der Waals surface area contributed by atoms with Gasteiger partial charge >= 0.3 is 12.0 Å². The molecule has 14 heteroatoms. The summed E-state index contributed by atoms with van der Waals surface area (Å²) in [5.74, 6) is -1.35. The molecule has 0 bridgehead atoms. The number of ether oxygens (including phenoxy) is 2. The Kier molecular flexibility index (Phi) is 8.89. The van der Waals surface area contributed by atoms with Gasteiger partial charge < -0.3 is 20.1 Å².